The molecule has 2 N–H and O–H groups in total. The fourth-order valence-electron chi connectivity index (χ4n) is 1.47. The molecule has 1 heterocycles. The van der Waals surface area contributed by atoms with Crippen molar-refractivity contribution in [2.45, 2.75) is 46.3 Å². The summed E-state index contributed by atoms with van der Waals surface area (Å²) in [5.41, 5.74) is 0.394. The lowest BCUT2D eigenvalue weighted by atomic mass is 10.0. The quantitative estimate of drug-likeness (QED) is 0.852. The van der Waals surface area contributed by atoms with E-state index in [1.54, 1.807) is 12.5 Å². The number of H-pyrrole nitrogens is 1. The summed E-state index contributed by atoms with van der Waals surface area (Å²) >= 11 is 0. The van der Waals surface area contributed by atoms with E-state index in [4.69, 9.17) is 4.74 Å². The van der Waals surface area contributed by atoms with Gasteiger partial charge in [-0.05, 0) is 26.7 Å². The van der Waals surface area contributed by atoms with E-state index in [-0.39, 0.29) is 12.0 Å². The number of aromatic nitrogens is 2. The van der Waals surface area contributed by atoms with E-state index in [2.05, 4.69) is 15.3 Å². The van der Waals surface area contributed by atoms with E-state index in [1.807, 2.05) is 34.6 Å². The van der Waals surface area contributed by atoms with Crippen molar-refractivity contribution in [2.24, 2.45) is 5.92 Å². The number of carbonyl (C=O) groups is 1. The molecule has 1 aromatic heterocycles. The zero-order valence-corrected chi connectivity index (χ0v) is 11.1. The van der Waals surface area contributed by atoms with Crippen LogP contribution in [-0.2, 0) is 4.74 Å². The molecule has 0 fully saturated rings. The minimum Gasteiger partial charge on any atom is -0.444 e. The van der Waals surface area contributed by atoms with Gasteiger partial charge in [0.1, 0.15) is 5.60 Å². The van der Waals surface area contributed by atoms with Crippen LogP contribution in [0.1, 0.15) is 46.4 Å². The highest BCUT2D eigenvalue weighted by Crippen LogP contribution is 2.19. The molecule has 0 saturated heterocycles. The third-order valence-corrected chi connectivity index (χ3v) is 2.19. The summed E-state index contributed by atoms with van der Waals surface area (Å²) in [7, 11) is 0. The molecule has 0 aliphatic heterocycles. The van der Waals surface area contributed by atoms with Gasteiger partial charge >= 0.3 is 6.09 Å². The molecule has 0 aromatic carbocycles. The van der Waals surface area contributed by atoms with Gasteiger partial charge in [0, 0.05) is 0 Å². The van der Waals surface area contributed by atoms with Crippen LogP contribution in [-0.4, -0.2) is 21.7 Å². The van der Waals surface area contributed by atoms with Gasteiger partial charge in [0.25, 0.3) is 0 Å². The Kier molecular flexibility index (Phi) is 4.15. The van der Waals surface area contributed by atoms with Crippen molar-refractivity contribution >= 4 is 6.09 Å². The van der Waals surface area contributed by atoms with Gasteiger partial charge in [-0.25, -0.2) is 9.78 Å². The van der Waals surface area contributed by atoms with Gasteiger partial charge in [0.05, 0.1) is 24.3 Å². The summed E-state index contributed by atoms with van der Waals surface area (Å²) in [6, 6.07) is -0.118. The van der Waals surface area contributed by atoms with E-state index >= 15 is 0 Å². The van der Waals surface area contributed by atoms with Gasteiger partial charge < -0.3 is 15.0 Å². The summed E-state index contributed by atoms with van der Waals surface area (Å²) in [6.07, 6.45) is 2.90. The third kappa shape index (κ3) is 4.46. The normalized spacial score (nSPS) is 13.5. The van der Waals surface area contributed by atoms with Crippen molar-refractivity contribution in [1.82, 2.24) is 15.3 Å². The molecule has 0 radical (unpaired) electrons. The first kappa shape index (κ1) is 13.5. The number of nitrogens with one attached hydrogen (secondary N) is 2. The minimum absolute atomic E-state index is 0.118. The van der Waals surface area contributed by atoms with Gasteiger partial charge in [-0.1, -0.05) is 13.8 Å². The van der Waals surface area contributed by atoms with Crippen molar-refractivity contribution in [1.29, 1.82) is 0 Å². The van der Waals surface area contributed by atoms with E-state index in [0.29, 0.717) is 0 Å². The number of carbonyl (C=O) groups excluding carboxylic acids is 1. The molecule has 1 rings (SSSR count). The summed E-state index contributed by atoms with van der Waals surface area (Å²) < 4.78 is 5.23. The molecule has 0 aliphatic carbocycles. The first-order valence-corrected chi connectivity index (χ1v) is 5.77. The molecular formula is C12H21N3O2. The van der Waals surface area contributed by atoms with Gasteiger partial charge in [-0.15, -0.1) is 0 Å². The Balaban J connectivity index is 2.66. The number of aromatic amines is 1. The third-order valence-electron chi connectivity index (χ3n) is 2.19. The topological polar surface area (TPSA) is 67.0 Å². The molecule has 1 amide bonds. The fraction of sp³-hybridized carbons (Fsp3) is 0.667. The van der Waals surface area contributed by atoms with Crippen LogP contribution in [0.5, 0.6) is 0 Å². The summed E-state index contributed by atoms with van der Waals surface area (Å²) in [5, 5.41) is 2.84. The Labute approximate surface area is 102 Å². The number of nitrogens with zero attached hydrogens (tertiary/aromatic N) is 1. The van der Waals surface area contributed by atoms with Gasteiger partial charge in [0.15, 0.2) is 0 Å². The molecule has 1 atom stereocenters. The van der Waals surface area contributed by atoms with Crippen molar-refractivity contribution in [3.8, 4) is 0 Å². The monoisotopic (exact) mass is 239 g/mol. The number of hydrogen-bond donors (Lipinski definition) is 2. The van der Waals surface area contributed by atoms with Crippen molar-refractivity contribution < 1.29 is 9.53 Å². The second-order valence-corrected chi connectivity index (χ2v) is 5.37. The summed E-state index contributed by atoms with van der Waals surface area (Å²) in [5.74, 6) is 0.253. The van der Waals surface area contributed by atoms with Crippen LogP contribution in [0.25, 0.3) is 0 Å². The Morgan fingerprint density at radius 1 is 1.47 bits per heavy atom. The SMILES string of the molecule is CC(C)C(NC(=O)OC(C)(C)C)c1cnc[nH]1. The molecular weight excluding hydrogens is 218 g/mol. The van der Waals surface area contributed by atoms with Gasteiger partial charge in [-0.2, -0.15) is 0 Å². The summed E-state index contributed by atoms with van der Waals surface area (Å²) in [6.45, 7) is 9.58. The number of imidazole rings is 1. The average molecular weight is 239 g/mol. The lowest BCUT2D eigenvalue weighted by molar-refractivity contribution is 0.0488. The first-order chi connectivity index (χ1) is 7.79. The predicted octanol–water partition coefficient (Wildman–Crippen LogP) is 2.63. The molecule has 1 unspecified atom stereocenters. The van der Waals surface area contributed by atoms with E-state index < -0.39 is 11.7 Å². The average Bonchev–Trinajstić information content (AvgIpc) is 2.63. The molecule has 0 saturated carbocycles. The van der Waals surface area contributed by atoms with Crippen LogP contribution in [0.3, 0.4) is 0 Å². The minimum atomic E-state index is -0.487. The number of rotatable bonds is 3. The maximum Gasteiger partial charge on any atom is 0.408 e. The van der Waals surface area contributed by atoms with E-state index in [0.717, 1.165) is 5.69 Å². The van der Waals surface area contributed by atoms with Crippen LogP contribution < -0.4 is 5.32 Å². The largest absolute Gasteiger partial charge is 0.444 e. The van der Waals surface area contributed by atoms with Gasteiger partial charge in [0.2, 0.25) is 0 Å². The van der Waals surface area contributed by atoms with E-state index in [9.17, 15) is 4.79 Å². The maximum absolute atomic E-state index is 11.7. The fourth-order valence-corrected chi connectivity index (χ4v) is 1.47. The Hall–Kier alpha value is -1.52. The Morgan fingerprint density at radius 2 is 2.12 bits per heavy atom. The molecule has 5 nitrogen and oxygen atoms in total. The number of alkyl carbamates (subject to hydrolysis) is 1. The smallest absolute Gasteiger partial charge is 0.408 e. The Morgan fingerprint density at radius 3 is 2.53 bits per heavy atom. The second-order valence-electron chi connectivity index (χ2n) is 5.37. The highest BCUT2D eigenvalue weighted by atomic mass is 16.6. The molecule has 0 spiro atoms. The van der Waals surface area contributed by atoms with E-state index in [1.165, 1.54) is 0 Å². The van der Waals surface area contributed by atoms with Crippen molar-refractivity contribution in [3.63, 3.8) is 0 Å². The zero-order valence-electron chi connectivity index (χ0n) is 11.1. The van der Waals surface area contributed by atoms with Crippen LogP contribution in [0.4, 0.5) is 4.79 Å². The molecule has 0 bridgehead atoms. The number of ether oxygens (including phenoxy) is 1. The van der Waals surface area contributed by atoms with Crippen LogP contribution >= 0.6 is 0 Å². The number of amides is 1. The highest BCUT2D eigenvalue weighted by molar-refractivity contribution is 5.68. The van der Waals surface area contributed by atoms with Crippen LogP contribution in [0.2, 0.25) is 0 Å². The summed E-state index contributed by atoms with van der Waals surface area (Å²) in [4.78, 5) is 18.7. The zero-order chi connectivity index (χ0) is 13.1. The molecule has 17 heavy (non-hydrogen) atoms. The first-order valence-electron chi connectivity index (χ1n) is 5.77. The lowest BCUT2D eigenvalue weighted by Gasteiger charge is -2.25. The molecule has 1 aromatic rings. The van der Waals surface area contributed by atoms with Gasteiger partial charge in [-0.3, -0.25) is 0 Å². The lowest BCUT2D eigenvalue weighted by Crippen LogP contribution is -2.37. The maximum atomic E-state index is 11.7. The molecule has 0 aliphatic rings. The number of hydrogen-bond acceptors (Lipinski definition) is 3. The molecule has 96 valence electrons. The van der Waals surface area contributed by atoms with Crippen molar-refractivity contribution in [3.05, 3.63) is 18.2 Å². The predicted molar refractivity (Wildman–Crippen MR) is 65.5 cm³/mol. The Bertz CT molecular complexity index is 352. The highest BCUT2D eigenvalue weighted by Gasteiger charge is 2.23. The standard InChI is InChI=1S/C12H21N3O2/c1-8(2)10(9-6-13-7-14-9)15-11(16)17-12(3,4)5/h6-8,10H,1-5H3,(H,13,14)(H,15,16). The van der Waals surface area contributed by atoms with Crippen LogP contribution in [0.15, 0.2) is 12.5 Å². The second kappa shape index (κ2) is 5.21. The van der Waals surface area contributed by atoms with Crippen LogP contribution in [0, 0.1) is 5.92 Å². The van der Waals surface area contributed by atoms with Crippen molar-refractivity contribution in [2.75, 3.05) is 0 Å². The molecule has 5 heteroatoms.